The van der Waals surface area contributed by atoms with Crippen LogP contribution in [0.2, 0.25) is 0 Å². The van der Waals surface area contributed by atoms with E-state index in [1.165, 1.54) is 21.2 Å². The van der Waals surface area contributed by atoms with Gasteiger partial charge in [0, 0.05) is 22.9 Å². The molecule has 1 atom stereocenters. The van der Waals surface area contributed by atoms with Crippen LogP contribution in [0.3, 0.4) is 0 Å². The van der Waals surface area contributed by atoms with Crippen LogP contribution in [0.5, 0.6) is 0 Å². The van der Waals surface area contributed by atoms with Crippen LogP contribution in [0.1, 0.15) is 36.6 Å². The smallest absolute Gasteiger partial charge is 0.0365 e. The van der Waals surface area contributed by atoms with Gasteiger partial charge in [0.15, 0.2) is 0 Å². The summed E-state index contributed by atoms with van der Waals surface area (Å²) in [4.78, 5) is 4.25. The number of benzene rings is 1. The topological polar surface area (TPSA) is 24.9 Å². The van der Waals surface area contributed by atoms with Gasteiger partial charge in [-0.2, -0.15) is 0 Å². The second-order valence-electron chi connectivity index (χ2n) is 4.83. The van der Waals surface area contributed by atoms with Crippen molar-refractivity contribution in [3.05, 3.63) is 63.9 Å². The number of likely N-dealkylation sites (N-methyl/N-ethyl adjacent to an activating group) is 1. The van der Waals surface area contributed by atoms with Crippen molar-refractivity contribution in [3.63, 3.8) is 0 Å². The van der Waals surface area contributed by atoms with Crippen LogP contribution in [0.4, 0.5) is 0 Å². The molecule has 106 valence electrons. The van der Waals surface area contributed by atoms with Crippen molar-refractivity contribution in [2.24, 2.45) is 0 Å². The number of halogens is 1. The first-order valence-electron chi connectivity index (χ1n) is 7.15. The van der Waals surface area contributed by atoms with Gasteiger partial charge in [-0.15, -0.1) is 0 Å². The Morgan fingerprint density at radius 2 is 1.95 bits per heavy atom. The monoisotopic (exact) mass is 332 g/mol. The minimum Gasteiger partial charge on any atom is -0.310 e. The number of hydrogen-bond donors (Lipinski definition) is 1. The summed E-state index contributed by atoms with van der Waals surface area (Å²) in [6, 6.07) is 10.9. The van der Waals surface area contributed by atoms with Crippen LogP contribution in [0, 0.1) is 0 Å². The van der Waals surface area contributed by atoms with E-state index in [1.54, 1.807) is 0 Å². The second-order valence-corrected chi connectivity index (χ2v) is 5.69. The maximum Gasteiger partial charge on any atom is 0.0365 e. The lowest BCUT2D eigenvalue weighted by Gasteiger charge is -2.21. The summed E-state index contributed by atoms with van der Waals surface area (Å²) in [5.41, 5.74) is 4.02. The lowest BCUT2D eigenvalue weighted by molar-refractivity contribution is 0.544. The molecule has 0 bridgehead atoms. The van der Waals surface area contributed by atoms with E-state index in [-0.39, 0.29) is 0 Å². The number of aromatic nitrogens is 1. The molecule has 0 aliphatic rings. The summed E-state index contributed by atoms with van der Waals surface area (Å²) in [6.07, 6.45) is 5.87. The zero-order valence-electron chi connectivity index (χ0n) is 12.1. The maximum atomic E-state index is 4.25. The molecule has 2 rings (SSSR count). The van der Waals surface area contributed by atoms with Gasteiger partial charge in [-0.05, 0) is 48.2 Å². The molecule has 3 heteroatoms. The third kappa shape index (κ3) is 3.68. The minimum absolute atomic E-state index is 0.330. The van der Waals surface area contributed by atoms with Gasteiger partial charge in [-0.25, -0.2) is 0 Å². The van der Waals surface area contributed by atoms with Crippen molar-refractivity contribution in [2.75, 3.05) is 6.54 Å². The molecule has 0 aliphatic carbocycles. The largest absolute Gasteiger partial charge is 0.310 e. The number of pyridine rings is 1. The van der Waals surface area contributed by atoms with E-state index in [0.717, 1.165) is 19.4 Å². The van der Waals surface area contributed by atoms with Gasteiger partial charge in [0.1, 0.15) is 0 Å². The van der Waals surface area contributed by atoms with E-state index in [4.69, 9.17) is 0 Å². The highest BCUT2D eigenvalue weighted by Crippen LogP contribution is 2.25. The average Bonchev–Trinajstić information content (AvgIpc) is 2.49. The zero-order chi connectivity index (χ0) is 14.4. The van der Waals surface area contributed by atoms with Gasteiger partial charge in [0.25, 0.3) is 0 Å². The molecule has 1 heterocycles. The molecule has 0 radical (unpaired) electrons. The van der Waals surface area contributed by atoms with Gasteiger partial charge in [-0.3, -0.25) is 4.98 Å². The van der Waals surface area contributed by atoms with Gasteiger partial charge in [0.05, 0.1) is 0 Å². The predicted molar refractivity (Wildman–Crippen MR) is 87.9 cm³/mol. The van der Waals surface area contributed by atoms with E-state index < -0.39 is 0 Å². The Morgan fingerprint density at radius 1 is 1.15 bits per heavy atom. The third-order valence-corrected chi connectivity index (χ3v) is 4.30. The van der Waals surface area contributed by atoms with Crippen molar-refractivity contribution < 1.29 is 0 Å². The number of aryl methyl sites for hydroxylation is 1. The van der Waals surface area contributed by atoms with E-state index in [0.29, 0.717) is 6.04 Å². The summed E-state index contributed by atoms with van der Waals surface area (Å²) < 4.78 is 1.18. The molecule has 0 amide bonds. The van der Waals surface area contributed by atoms with Crippen LogP contribution >= 0.6 is 15.9 Å². The molecule has 2 aromatic rings. The highest BCUT2D eigenvalue weighted by molar-refractivity contribution is 9.10. The second kappa shape index (κ2) is 7.55. The molecule has 2 nitrogen and oxygen atoms in total. The predicted octanol–water partition coefficient (Wildman–Crippen LogP) is 4.30. The highest BCUT2D eigenvalue weighted by atomic mass is 79.9. The minimum atomic E-state index is 0.330. The number of nitrogens with zero attached hydrogens (tertiary/aromatic N) is 1. The average molecular weight is 333 g/mol. The lowest BCUT2D eigenvalue weighted by Crippen LogP contribution is -2.24. The molecule has 0 saturated carbocycles. The van der Waals surface area contributed by atoms with Crippen molar-refractivity contribution >= 4 is 15.9 Å². The third-order valence-electron chi connectivity index (χ3n) is 3.53. The Balaban J connectivity index is 2.29. The molecular weight excluding hydrogens is 312 g/mol. The molecule has 1 aromatic heterocycles. The highest BCUT2D eigenvalue weighted by Gasteiger charge is 2.15. The van der Waals surface area contributed by atoms with Crippen molar-refractivity contribution in [3.8, 4) is 0 Å². The molecule has 1 N–H and O–H groups in total. The van der Waals surface area contributed by atoms with Crippen LogP contribution < -0.4 is 5.32 Å². The van der Waals surface area contributed by atoms with Gasteiger partial charge in [0.2, 0.25) is 0 Å². The standard InChI is InChI=1S/C17H21BrN2/c1-3-13-12-19-10-9-15(13)17(20-4-2)11-14-7-5-6-8-16(14)18/h5-10,12,17,20H,3-4,11H2,1-2H3. The summed E-state index contributed by atoms with van der Waals surface area (Å²) >= 11 is 3.64. The first-order chi connectivity index (χ1) is 9.76. The van der Waals surface area contributed by atoms with Crippen molar-refractivity contribution in [1.82, 2.24) is 10.3 Å². The van der Waals surface area contributed by atoms with Gasteiger partial charge < -0.3 is 5.32 Å². The molecule has 1 unspecified atom stereocenters. The molecule has 0 aliphatic heterocycles. The van der Waals surface area contributed by atoms with Gasteiger partial charge >= 0.3 is 0 Å². The van der Waals surface area contributed by atoms with Crippen LogP contribution in [-0.2, 0) is 12.8 Å². The zero-order valence-corrected chi connectivity index (χ0v) is 13.7. The molecule has 0 fully saturated rings. The normalized spacial score (nSPS) is 12.3. The van der Waals surface area contributed by atoms with Crippen LogP contribution in [0.25, 0.3) is 0 Å². The molecule has 0 spiro atoms. The summed E-state index contributed by atoms with van der Waals surface area (Å²) in [7, 11) is 0. The lowest BCUT2D eigenvalue weighted by atomic mass is 9.95. The number of rotatable bonds is 6. The summed E-state index contributed by atoms with van der Waals surface area (Å²) in [5.74, 6) is 0. The first kappa shape index (κ1) is 15.2. The van der Waals surface area contributed by atoms with Crippen molar-refractivity contribution in [1.29, 1.82) is 0 Å². The Bertz CT molecular complexity index is 554. The van der Waals surface area contributed by atoms with E-state index >= 15 is 0 Å². The number of nitrogens with one attached hydrogen (secondary N) is 1. The summed E-state index contributed by atoms with van der Waals surface area (Å²) in [5, 5.41) is 3.60. The van der Waals surface area contributed by atoms with Crippen molar-refractivity contribution in [2.45, 2.75) is 32.7 Å². The fourth-order valence-electron chi connectivity index (χ4n) is 2.50. The SMILES string of the molecule is CCNC(Cc1ccccc1Br)c1ccncc1CC. The summed E-state index contributed by atoms with van der Waals surface area (Å²) in [6.45, 7) is 5.29. The Hall–Kier alpha value is -1.19. The van der Waals surface area contributed by atoms with E-state index in [1.807, 2.05) is 12.4 Å². The maximum absolute atomic E-state index is 4.25. The van der Waals surface area contributed by atoms with E-state index in [2.05, 4.69) is 70.4 Å². The fraction of sp³-hybridized carbons (Fsp3) is 0.353. The van der Waals surface area contributed by atoms with E-state index in [9.17, 15) is 0 Å². The molecule has 0 saturated heterocycles. The number of hydrogen-bond acceptors (Lipinski definition) is 2. The fourth-order valence-corrected chi connectivity index (χ4v) is 2.94. The Labute approximate surface area is 129 Å². The Kier molecular flexibility index (Phi) is 5.74. The molecular formula is C17H21BrN2. The Morgan fingerprint density at radius 3 is 2.65 bits per heavy atom. The van der Waals surface area contributed by atoms with Crippen LogP contribution in [0.15, 0.2) is 47.2 Å². The first-order valence-corrected chi connectivity index (χ1v) is 7.95. The quantitative estimate of drug-likeness (QED) is 0.853. The molecule has 20 heavy (non-hydrogen) atoms. The molecule has 1 aromatic carbocycles. The van der Waals surface area contributed by atoms with Crippen LogP contribution in [-0.4, -0.2) is 11.5 Å². The van der Waals surface area contributed by atoms with Gasteiger partial charge in [-0.1, -0.05) is 48.0 Å².